The molecule has 0 fully saturated rings. The average Bonchev–Trinajstić information content (AvgIpc) is 2.42. The van der Waals surface area contributed by atoms with Crippen molar-refractivity contribution in [2.24, 2.45) is 0 Å². The van der Waals surface area contributed by atoms with Crippen LogP contribution in [0.3, 0.4) is 0 Å². The number of hydrogen-bond donors (Lipinski definition) is 1. The van der Waals surface area contributed by atoms with Crippen LogP contribution in [-0.2, 0) is 15.4 Å². The second-order valence-electron chi connectivity index (χ2n) is 8.97. The van der Waals surface area contributed by atoms with Crippen molar-refractivity contribution in [3.05, 3.63) is 35.9 Å². The van der Waals surface area contributed by atoms with Crippen molar-refractivity contribution in [1.82, 2.24) is 4.72 Å². The van der Waals surface area contributed by atoms with E-state index in [1.54, 1.807) is 0 Å². The second-order valence-corrected chi connectivity index (χ2v) is 15.7. The van der Waals surface area contributed by atoms with Crippen molar-refractivity contribution in [2.75, 3.05) is 0 Å². The lowest BCUT2D eigenvalue weighted by molar-refractivity contribution is 0.163. The Morgan fingerprint density at radius 3 is 1.96 bits per heavy atom. The summed E-state index contributed by atoms with van der Waals surface area (Å²) in [5, 5.41) is 0.145. The van der Waals surface area contributed by atoms with E-state index < -0.39 is 19.3 Å². The van der Waals surface area contributed by atoms with E-state index in [0.717, 1.165) is 5.56 Å². The SMILES string of the molecule is C[C@H](O[Si](C)(C)C(C)(C)C)[C@@H](N[S@](=O)C(C)(C)C)c1ccccc1. The molecule has 5 heteroatoms. The van der Waals surface area contributed by atoms with Gasteiger partial charge in [-0.3, -0.25) is 0 Å². The molecule has 0 amide bonds. The Bertz CT molecular complexity index is 547. The summed E-state index contributed by atoms with van der Waals surface area (Å²) in [5.74, 6) is 0. The first kappa shape index (κ1) is 21.5. The van der Waals surface area contributed by atoms with Crippen LogP contribution in [0.15, 0.2) is 30.3 Å². The normalized spacial score (nSPS) is 17.4. The third-order valence-electron chi connectivity index (χ3n) is 4.71. The summed E-state index contributed by atoms with van der Waals surface area (Å²) >= 11 is 0. The predicted molar refractivity (Wildman–Crippen MR) is 108 cm³/mol. The van der Waals surface area contributed by atoms with Crippen LogP contribution < -0.4 is 4.72 Å². The van der Waals surface area contributed by atoms with Crippen molar-refractivity contribution in [3.63, 3.8) is 0 Å². The Kier molecular flexibility index (Phi) is 7.01. The van der Waals surface area contributed by atoms with Crippen LogP contribution in [0.5, 0.6) is 0 Å². The summed E-state index contributed by atoms with van der Waals surface area (Å²) in [5.41, 5.74) is 1.11. The van der Waals surface area contributed by atoms with E-state index in [0.29, 0.717) is 0 Å². The van der Waals surface area contributed by atoms with Crippen LogP contribution in [0.2, 0.25) is 18.1 Å². The van der Waals surface area contributed by atoms with E-state index >= 15 is 0 Å². The predicted octanol–water partition coefficient (Wildman–Crippen LogP) is 5.19. The molecule has 3 nitrogen and oxygen atoms in total. The molecule has 1 aromatic rings. The van der Waals surface area contributed by atoms with Gasteiger partial charge >= 0.3 is 0 Å². The van der Waals surface area contributed by atoms with Gasteiger partial charge in [-0.15, -0.1) is 0 Å². The maximum absolute atomic E-state index is 12.7. The Morgan fingerprint density at radius 1 is 1.04 bits per heavy atom. The largest absolute Gasteiger partial charge is 0.412 e. The number of hydrogen-bond acceptors (Lipinski definition) is 2. The quantitative estimate of drug-likeness (QED) is 0.701. The summed E-state index contributed by atoms with van der Waals surface area (Å²) < 4.78 is 22.2. The minimum Gasteiger partial charge on any atom is -0.412 e. The van der Waals surface area contributed by atoms with E-state index in [2.05, 4.69) is 57.6 Å². The minimum atomic E-state index is -1.90. The van der Waals surface area contributed by atoms with Crippen molar-refractivity contribution < 1.29 is 8.63 Å². The molecule has 0 aliphatic carbocycles. The zero-order valence-electron chi connectivity index (χ0n) is 16.8. The van der Waals surface area contributed by atoms with E-state index in [1.807, 2.05) is 39.0 Å². The van der Waals surface area contributed by atoms with Gasteiger partial charge < -0.3 is 4.43 Å². The Hall–Kier alpha value is -0.493. The number of rotatable bonds is 6. The van der Waals surface area contributed by atoms with E-state index in [4.69, 9.17) is 4.43 Å². The van der Waals surface area contributed by atoms with Gasteiger partial charge in [-0.2, -0.15) is 0 Å². The van der Waals surface area contributed by atoms with Gasteiger partial charge in [-0.1, -0.05) is 51.1 Å². The van der Waals surface area contributed by atoms with Gasteiger partial charge in [-0.25, -0.2) is 8.93 Å². The molecule has 0 aromatic heterocycles. The van der Waals surface area contributed by atoms with Crippen molar-refractivity contribution in [1.29, 1.82) is 0 Å². The first-order valence-electron chi connectivity index (χ1n) is 8.66. The summed E-state index contributed by atoms with van der Waals surface area (Å²) in [7, 11) is -3.05. The van der Waals surface area contributed by atoms with Gasteiger partial charge in [-0.05, 0) is 51.4 Å². The third kappa shape index (κ3) is 5.79. The fourth-order valence-electron chi connectivity index (χ4n) is 2.10. The van der Waals surface area contributed by atoms with Crippen LogP contribution in [0, 0.1) is 0 Å². The molecule has 0 saturated carbocycles. The molecule has 0 bridgehead atoms. The van der Waals surface area contributed by atoms with Gasteiger partial charge in [0.15, 0.2) is 8.32 Å². The Labute approximate surface area is 152 Å². The smallest absolute Gasteiger partial charge is 0.192 e. The molecule has 0 saturated heterocycles. The van der Waals surface area contributed by atoms with Crippen molar-refractivity contribution >= 4 is 19.3 Å². The van der Waals surface area contributed by atoms with Gasteiger partial charge in [0.1, 0.15) is 0 Å². The molecule has 138 valence electrons. The van der Waals surface area contributed by atoms with Crippen LogP contribution in [0.1, 0.15) is 60.1 Å². The fourth-order valence-corrected chi connectivity index (χ4v) is 4.43. The summed E-state index contributed by atoms with van der Waals surface area (Å²) in [4.78, 5) is 0. The van der Waals surface area contributed by atoms with Gasteiger partial charge in [0, 0.05) is 0 Å². The van der Waals surface area contributed by atoms with Crippen LogP contribution >= 0.6 is 0 Å². The summed E-state index contributed by atoms with van der Waals surface area (Å²) in [6.45, 7) is 19.3. The first-order valence-corrected chi connectivity index (χ1v) is 12.7. The number of benzene rings is 1. The zero-order valence-corrected chi connectivity index (χ0v) is 18.6. The molecule has 1 rings (SSSR count). The molecular formula is C19H35NO2SSi. The Balaban J connectivity index is 3.08. The molecule has 0 spiro atoms. The summed E-state index contributed by atoms with van der Waals surface area (Å²) in [6.07, 6.45) is -0.0559. The lowest BCUT2D eigenvalue weighted by atomic mass is 10.0. The molecule has 0 aliphatic heterocycles. The molecule has 3 atom stereocenters. The highest BCUT2D eigenvalue weighted by molar-refractivity contribution is 7.84. The molecule has 24 heavy (non-hydrogen) atoms. The monoisotopic (exact) mass is 369 g/mol. The van der Waals surface area contributed by atoms with E-state index in [1.165, 1.54) is 0 Å². The average molecular weight is 370 g/mol. The molecular weight excluding hydrogens is 334 g/mol. The third-order valence-corrected chi connectivity index (χ3v) is 10.9. The summed E-state index contributed by atoms with van der Waals surface area (Å²) in [6, 6.07) is 10.1. The maximum Gasteiger partial charge on any atom is 0.192 e. The highest BCUT2D eigenvalue weighted by Gasteiger charge is 2.40. The van der Waals surface area contributed by atoms with Crippen LogP contribution in [0.25, 0.3) is 0 Å². The van der Waals surface area contributed by atoms with Crippen molar-refractivity contribution in [2.45, 2.75) is 83.5 Å². The Morgan fingerprint density at radius 2 is 1.54 bits per heavy atom. The molecule has 0 aliphatic rings. The lowest BCUT2D eigenvalue weighted by Crippen LogP contribution is -2.48. The van der Waals surface area contributed by atoms with Crippen molar-refractivity contribution in [3.8, 4) is 0 Å². The topological polar surface area (TPSA) is 38.3 Å². The maximum atomic E-state index is 12.7. The highest BCUT2D eigenvalue weighted by Crippen LogP contribution is 2.38. The van der Waals surface area contributed by atoms with E-state index in [9.17, 15) is 4.21 Å². The molecule has 1 aromatic carbocycles. The van der Waals surface area contributed by atoms with Gasteiger partial charge in [0.05, 0.1) is 27.9 Å². The molecule has 0 radical (unpaired) electrons. The minimum absolute atomic E-state index is 0.0559. The fraction of sp³-hybridized carbons (Fsp3) is 0.684. The number of nitrogens with one attached hydrogen (secondary N) is 1. The van der Waals surface area contributed by atoms with Gasteiger partial charge in [0.2, 0.25) is 0 Å². The molecule has 0 unspecified atom stereocenters. The van der Waals surface area contributed by atoms with Gasteiger partial charge in [0.25, 0.3) is 0 Å². The standard InChI is InChI=1S/C19H35NO2SSi/c1-15(22-24(8,9)19(5,6)7)17(16-13-11-10-12-14-16)20-23(21)18(2,3)4/h10-15,17,20H,1-9H3/t15-,17+,23+/m0/s1. The van der Waals surface area contributed by atoms with Crippen LogP contribution in [0.4, 0.5) is 0 Å². The van der Waals surface area contributed by atoms with Crippen LogP contribution in [-0.4, -0.2) is 23.4 Å². The van der Waals surface area contributed by atoms with E-state index in [-0.39, 0.29) is 21.9 Å². The molecule has 1 N–H and O–H groups in total. The molecule has 0 heterocycles. The lowest BCUT2D eigenvalue weighted by Gasteiger charge is -2.41. The highest BCUT2D eigenvalue weighted by atomic mass is 32.2. The second kappa shape index (κ2) is 7.81. The first-order chi connectivity index (χ1) is 10.8. The zero-order chi connectivity index (χ0) is 18.8.